The number of fused-ring (bicyclic) bond motifs is 5. The fourth-order valence-electron chi connectivity index (χ4n) is 5.44. The van der Waals surface area contributed by atoms with E-state index in [-0.39, 0.29) is 18.4 Å². The lowest BCUT2D eigenvalue weighted by Gasteiger charge is -2.15. The first kappa shape index (κ1) is 25.1. The van der Waals surface area contributed by atoms with Gasteiger partial charge in [0.05, 0.1) is 57.3 Å². The number of carbonyl (C=O) groups excluding carboxylic acids is 2. The Morgan fingerprint density at radius 1 is 0.775 bits per heavy atom. The quantitative estimate of drug-likeness (QED) is 0.211. The number of nitrogens with two attached hydrogens (primary N) is 1. The Hall–Kier alpha value is -5.18. The third-order valence-electron chi connectivity index (χ3n) is 7.32. The van der Waals surface area contributed by atoms with Gasteiger partial charge in [-0.05, 0) is 47.0 Å². The molecule has 0 spiro atoms. The van der Waals surface area contributed by atoms with E-state index in [2.05, 4.69) is 4.98 Å². The van der Waals surface area contributed by atoms with Crippen molar-refractivity contribution in [1.82, 2.24) is 9.88 Å². The van der Waals surface area contributed by atoms with Gasteiger partial charge in [0.15, 0.2) is 11.5 Å². The zero-order valence-corrected chi connectivity index (χ0v) is 22.5. The molecule has 0 radical (unpaired) electrons. The molecule has 1 aliphatic heterocycles. The van der Waals surface area contributed by atoms with E-state index in [0.717, 1.165) is 16.3 Å². The molecule has 1 aromatic heterocycles. The maximum atomic E-state index is 13.8. The van der Waals surface area contributed by atoms with Crippen molar-refractivity contribution in [2.45, 2.75) is 6.54 Å². The lowest BCUT2D eigenvalue weighted by atomic mass is 9.93. The zero-order chi connectivity index (χ0) is 28.1. The van der Waals surface area contributed by atoms with Gasteiger partial charge in [-0.15, -0.1) is 0 Å². The maximum absolute atomic E-state index is 13.8. The summed E-state index contributed by atoms with van der Waals surface area (Å²) in [4.78, 5) is 32.2. The lowest BCUT2D eigenvalue weighted by molar-refractivity contribution is 0.0643. The van der Waals surface area contributed by atoms with Gasteiger partial charge in [-0.25, -0.2) is 0 Å². The highest BCUT2D eigenvalue weighted by Crippen LogP contribution is 2.47. The Morgan fingerprint density at radius 2 is 1.45 bits per heavy atom. The lowest BCUT2D eigenvalue weighted by Crippen LogP contribution is -2.29. The summed E-state index contributed by atoms with van der Waals surface area (Å²) in [6.07, 6.45) is 0. The molecule has 0 bridgehead atoms. The zero-order valence-electron chi connectivity index (χ0n) is 22.5. The Bertz CT molecular complexity index is 1800. The van der Waals surface area contributed by atoms with Crippen molar-refractivity contribution in [3.8, 4) is 34.1 Å². The monoisotopic (exact) mass is 537 g/mol. The number of hydrogen-bond donors (Lipinski definition) is 2. The smallest absolute Gasteiger partial charge is 0.264 e. The van der Waals surface area contributed by atoms with Gasteiger partial charge in [0, 0.05) is 16.3 Å². The van der Waals surface area contributed by atoms with Gasteiger partial charge >= 0.3 is 0 Å². The average molecular weight is 538 g/mol. The number of hydrogen-bond acceptors (Lipinski definition) is 7. The first-order chi connectivity index (χ1) is 19.4. The number of aromatic nitrogens is 1. The molecule has 0 aliphatic carbocycles. The van der Waals surface area contributed by atoms with E-state index < -0.39 is 0 Å². The van der Waals surface area contributed by atoms with E-state index >= 15 is 0 Å². The second-order valence-corrected chi connectivity index (χ2v) is 9.46. The van der Waals surface area contributed by atoms with Crippen molar-refractivity contribution in [3.63, 3.8) is 0 Å². The van der Waals surface area contributed by atoms with E-state index in [1.165, 1.54) is 12.0 Å². The number of carbonyl (C=O) groups is 2. The third kappa shape index (κ3) is 3.70. The summed E-state index contributed by atoms with van der Waals surface area (Å²) in [5.74, 6) is 1.13. The number of rotatable bonds is 7. The van der Waals surface area contributed by atoms with Crippen LogP contribution in [0.4, 0.5) is 5.69 Å². The molecule has 2 heterocycles. The molecule has 0 unspecified atom stereocenters. The Morgan fingerprint density at radius 3 is 2.08 bits per heavy atom. The summed E-state index contributed by atoms with van der Waals surface area (Å²) in [7, 11) is 6.17. The first-order valence-corrected chi connectivity index (χ1v) is 12.6. The molecule has 9 nitrogen and oxygen atoms in total. The molecule has 0 atom stereocenters. The highest BCUT2D eigenvalue weighted by atomic mass is 16.5. The van der Waals surface area contributed by atoms with Crippen LogP contribution < -0.4 is 24.7 Å². The number of aromatic amines is 1. The average Bonchev–Trinajstić information content (AvgIpc) is 3.45. The topological polar surface area (TPSA) is 116 Å². The van der Waals surface area contributed by atoms with Crippen molar-refractivity contribution in [2.24, 2.45) is 0 Å². The van der Waals surface area contributed by atoms with Crippen LogP contribution in [0.15, 0.2) is 60.7 Å². The molecular weight excluding hydrogens is 510 g/mol. The molecule has 0 fully saturated rings. The number of nitrogen functional groups attached to an aromatic ring is 1. The van der Waals surface area contributed by atoms with Crippen LogP contribution in [-0.2, 0) is 6.54 Å². The predicted octanol–water partition coefficient (Wildman–Crippen LogP) is 5.40. The molecule has 0 saturated carbocycles. The van der Waals surface area contributed by atoms with Crippen LogP contribution in [0.3, 0.4) is 0 Å². The van der Waals surface area contributed by atoms with Crippen molar-refractivity contribution in [3.05, 3.63) is 77.4 Å². The van der Waals surface area contributed by atoms with E-state index in [1.54, 1.807) is 33.5 Å². The first-order valence-electron chi connectivity index (χ1n) is 12.6. The number of anilines is 1. The van der Waals surface area contributed by atoms with Crippen LogP contribution in [0, 0.1) is 0 Å². The minimum Gasteiger partial charge on any atom is -0.495 e. The van der Waals surface area contributed by atoms with Gasteiger partial charge in [0.1, 0.15) is 5.75 Å². The second-order valence-electron chi connectivity index (χ2n) is 9.46. The Labute approximate surface area is 230 Å². The van der Waals surface area contributed by atoms with E-state index in [4.69, 9.17) is 24.7 Å². The molecular formula is C31H27N3O6. The fraction of sp³-hybridized carbons (Fsp3) is 0.161. The Balaban J connectivity index is 1.67. The normalized spacial score (nSPS) is 12.8. The molecule has 1 aliphatic rings. The maximum Gasteiger partial charge on any atom is 0.264 e. The van der Waals surface area contributed by atoms with Crippen molar-refractivity contribution in [1.29, 1.82) is 0 Å². The van der Waals surface area contributed by atoms with Gasteiger partial charge in [-0.2, -0.15) is 0 Å². The molecule has 6 rings (SSSR count). The summed E-state index contributed by atoms with van der Waals surface area (Å²) < 4.78 is 22.2. The summed E-state index contributed by atoms with van der Waals surface area (Å²) in [6, 6.07) is 18.4. The van der Waals surface area contributed by atoms with Gasteiger partial charge in [-0.1, -0.05) is 30.3 Å². The van der Waals surface area contributed by atoms with Gasteiger partial charge in [0.2, 0.25) is 5.75 Å². The van der Waals surface area contributed by atoms with Crippen LogP contribution in [0.5, 0.6) is 23.0 Å². The second kappa shape index (κ2) is 9.53. The van der Waals surface area contributed by atoms with Crippen LogP contribution in [-0.4, -0.2) is 50.1 Å². The van der Waals surface area contributed by atoms with E-state index in [0.29, 0.717) is 62.0 Å². The number of H-pyrrole nitrogens is 1. The molecule has 0 saturated heterocycles. The highest BCUT2D eigenvalue weighted by Gasteiger charge is 2.39. The van der Waals surface area contributed by atoms with Crippen LogP contribution >= 0.6 is 0 Å². The fourth-order valence-corrected chi connectivity index (χ4v) is 5.44. The number of imide groups is 1. The van der Waals surface area contributed by atoms with Crippen molar-refractivity contribution < 1.29 is 28.5 Å². The minimum absolute atomic E-state index is 0.162. The summed E-state index contributed by atoms with van der Waals surface area (Å²) in [5, 5.41) is 1.53. The number of nitrogens with zero attached hydrogens (tertiary/aromatic N) is 1. The third-order valence-corrected chi connectivity index (χ3v) is 7.32. The van der Waals surface area contributed by atoms with Gasteiger partial charge < -0.3 is 29.7 Å². The molecule has 2 amide bonds. The molecule has 3 N–H and O–H groups in total. The molecule has 4 aromatic carbocycles. The number of benzene rings is 4. The Kier molecular flexibility index (Phi) is 5.99. The van der Waals surface area contributed by atoms with Gasteiger partial charge in [0.25, 0.3) is 11.8 Å². The van der Waals surface area contributed by atoms with E-state index in [9.17, 15) is 9.59 Å². The standard InChI is InChI=1S/C31H27N3O6/c1-37-23-13-19-22(14-21(23)32)33-28-26(19)18(17-10-24(38-2)29(40-4)25(11-17)39-3)12-20-27(28)31(36)34(30(20)35)15-16-8-6-5-7-9-16/h5-14,33H,15,32H2,1-4H3. The summed E-state index contributed by atoms with van der Waals surface area (Å²) >= 11 is 0. The van der Waals surface area contributed by atoms with Crippen LogP contribution in [0.2, 0.25) is 0 Å². The van der Waals surface area contributed by atoms with Crippen molar-refractivity contribution in [2.75, 3.05) is 34.2 Å². The minimum atomic E-state index is -0.366. The number of ether oxygens (including phenoxy) is 4. The molecule has 9 heteroatoms. The number of amides is 2. The molecule has 202 valence electrons. The predicted molar refractivity (Wildman–Crippen MR) is 153 cm³/mol. The highest BCUT2D eigenvalue weighted by molar-refractivity contribution is 6.30. The number of nitrogens with one attached hydrogen (secondary N) is 1. The molecule has 40 heavy (non-hydrogen) atoms. The van der Waals surface area contributed by atoms with Gasteiger partial charge in [-0.3, -0.25) is 14.5 Å². The molecule has 5 aromatic rings. The summed E-state index contributed by atoms with van der Waals surface area (Å²) in [5.41, 5.74) is 10.8. The van der Waals surface area contributed by atoms with Crippen LogP contribution in [0.25, 0.3) is 32.9 Å². The van der Waals surface area contributed by atoms with E-state index in [1.807, 2.05) is 48.5 Å². The SMILES string of the molecule is COc1cc2c(cc1N)[nH]c1c3c(cc(-c4cc(OC)c(OC)c(OC)c4)c12)C(=O)N(Cc1ccccc1)C3=O. The summed E-state index contributed by atoms with van der Waals surface area (Å²) in [6.45, 7) is 0.162. The van der Waals surface area contributed by atoms with Crippen LogP contribution in [0.1, 0.15) is 26.3 Å². The van der Waals surface area contributed by atoms with Crippen molar-refractivity contribution >= 4 is 39.3 Å². The number of methoxy groups -OCH3 is 4. The largest absolute Gasteiger partial charge is 0.495 e.